The summed E-state index contributed by atoms with van der Waals surface area (Å²) in [5.74, 6) is 0. The molecule has 0 aliphatic rings. The lowest BCUT2D eigenvalue weighted by molar-refractivity contribution is 0.252. The third kappa shape index (κ3) is 2.74. The van der Waals surface area contributed by atoms with Crippen LogP contribution in [0.5, 0.6) is 0 Å². The number of urea groups is 1. The van der Waals surface area contributed by atoms with E-state index >= 15 is 0 Å². The molecule has 2 amide bonds. The highest BCUT2D eigenvalue weighted by Crippen LogP contribution is 2.14. The van der Waals surface area contributed by atoms with E-state index in [9.17, 15) is 4.79 Å². The van der Waals surface area contributed by atoms with Crippen molar-refractivity contribution in [3.63, 3.8) is 0 Å². The van der Waals surface area contributed by atoms with Gasteiger partial charge in [0.15, 0.2) is 0 Å². The van der Waals surface area contributed by atoms with Gasteiger partial charge in [-0.2, -0.15) is 0 Å². The normalized spacial score (nSPS) is 9.57. The molecule has 76 valence electrons. The minimum Gasteiger partial charge on any atom is -0.392 e. The van der Waals surface area contributed by atoms with Gasteiger partial charge in [0, 0.05) is 17.8 Å². The summed E-state index contributed by atoms with van der Waals surface area (Å²) in [7, 11) is 0. The number of hydrogen-bond donors (Lipinski definition) is 3. The van der Waals surface area contributed by atoms with Crippen LogP contribution in [0.2, 0.25) is 0 Å². The van der Waals surface area contributed by atoms with Gasteiger partial charge >= 0.3 is 6.03 Å². The van der Waals surface area contributed by atoms with E-state index in [0.29, 0.717) is 17.8 Å². The SMILES string of the molecule is CCNC(=O)Nc1ccccc1CO. The molecular formula is C10H14N2O2. The molecular weight excluding hydrogens is 180 g/mol. The van der Waals surface area contributed by atoms with Crippen LogP contribution in [0.1, 0.15) is 12.5 Å². The average molecular weight is 194 g/mol. The number of aliphatic hydroxyl groups excluding tert-OH is 1. The summed E-state index contributed by atoms with van der Waals surface area (Å²) in [5, 5.41) is 14.3. The number of benzene rings is 1. The first-order valence-electron chi connectivity index (χ1n) is 4.51. The summed E-state index contributed by atoms with van der Waals surface area (Å²) in [6.07, 6.45) is 0. The van der Waals surface area contributed by atoms with E-state index in [2.05, 4.69) is 10.6 Å². The Morgan fingerprint density at radius 2 is 2.14 bits per heavy atom. The van der Waals surface area contributed by atoms with E-state index in [1.165, 1.54) is 0 Å². The average Bonchev–Trinajstić information content (AvgIpc) is 2.19. The molecule has 1 aromatic rings. The van der Waals surface area contributed by atoms with Crippen LogP contribution in [-0.4, -0.2) is 17.7 Å². The topological polar surface area (TPSA) is 61.4 Å². The summed E-state index contributed by atoms with van der Waals surface area (Å²) >= 11 is 0. The Labute approximate surface area is 82.9 Å². The smallest absolute Gasteiger partial charge is 0.319 e. The summed E-state index contributed by atoms with van der Waals surface area (Å²) in [5.41, 5.74) is 1.35. The molecule has 0 atom stereocenters. The van der Waals surface area contributed by atoms with Crippen LogP contribution < -0.4 is 10.6 Å². The van der Waals surface area contributed by atoms with E-state index in [1.54, 1.807) is 18.2 Å². The van der Waals surface area contributed by atoms with Crippen molar-refractivity contribution < 1.29 is 9.90 Å². The second kappa shape index (κ2) is 5.24. The quantitative estimate of drug-likeness (QED) is 0.679. The number of para-hydroxylation sites is 1. The third-order valence-electron chi connectivity index (χ3n) is 1.77. The highest BCUT2D eigenvalue weighted by atomic mass is 16.3. The number of carbonyl (C=O) groups is 1. The molecule has 0 saturated heterocycles. The first-order valence-corrected chi connectivity index (χ1v) is 4.51. The van der Waals surface area contributed by atoms with Gasteiger partial charge in [-0.1, -0.05) is 18.2 Å². The zero-order chi connectivity index (χ0) is 10.4. The molecule has 0 aliphatic heterocycles. The van der Waals surface area contributed by atoms with E-state index in [0.717, 1.165) is 0 Å². The fourth-order valence-electron chi connectivity index (χ4n) is 1.11. The molecule has 0 heterocycles. The van der Waals surface area contributed by atoms with Crippen LogP contribution in [0, 0.1) is 0 Å². The predicted octanol–water partition coefficient (Wildman–Crippen LogP) is 1.32. The van der Waals surface area contributed by atoms with Crippen molar-refractivity contribution in [1.29, 1.82) is 0 Å². The van der Waals surface area contributed by atoms with Crippen LogP contribution in [-0.2, 0) is 6.61 Å². The molecule has 14 heavy (non-hydrogen) atoms. The predicted molar refractivity (Wildman–Crippen MR) is 55.1 cm³/mol. The summed E-state index contributed by atoms with van der Waals surface area (Å²) in [4.78, 5) is 11.2. The van der Waals surface area contributed by atoms with Crippen molar-refractivity contribution in [2.45, 2.75) is 13.5 Å². The highest BCUT2D eigenvalue weighted by molar-refractivity contribution is 5.89. The van der Waals surface area contributed by atoms with Gasteiger partial charge in [-0.3, -0.25) is 0 Å². The molecule has 0 aromatic heterocycles. The van der Waals surface area contributed by atoms with Gasteiger partial charge in [0.25, 0.3) is 0 Å². The Kier molecular flexibility index (Phi) is 3.94. The minimum absolute atomic E-state index is 0.0808. The van der Waals surface area contributed by atoms with E-state index in [1.807, 2.05) is 13.0 Å². The van der Waals surface area contributed by atoms with Gasteiger partial charge in [0.2, 0.25) is 0 Å². The molecule has 1 aromatic carbocycles. The van der Waals surface area contributed by atoms with Crippen molar-refractivity contribution in [2.24, 2.45) is 0 Å². The molecule has 4 nitrogen and oxygen atoms in total. The second-order valence-corrected chi connectivity index (χ2v) is 2.80. The van der Waals surface area contributed by atoms with E-state index < -0.39 is 0 Å². The Morgan fingerprint density at radius 1 is 1.43 bits per heavy atom. The van der Waals surface area contributed by atoms with Crippen molar-refractivity contribution >= 4 is 11.7 Å². The number of rotatable bonds is 3. The molecule has 0 saturated carbocycles. The molecule has 4 heteroatoms. The number of aliphatic hydroxyl groups is 1. The fourth-order valence-corrected chi connectivity index (χ4v) is 1.11. The molecule has 3 N–H and O–H groups in total. The zero-order valence-corrected chi connectivity index (χ0v) is 8.08. The van der Waals surface area contributed by atoms with Crippen LogP contribution in [0.4, 0.5) is 10.5 Å². The zero-order valence-electron chi connectivity index (χ0n) is 8.08. The Hall–Kier alpha value is -1.55. The first-order chi connectivity index (χ1) is 6.77. The number of hydrogen-bond acceptors (Lipinski definition) is 2. The molecule has 0 spiro atoms. The van der Waals surface area contributed by atoms with Gasteiger partial charge < -0.3 is 15.7 Å². The van der Waals surface area contributed by atoms with Gasteiger partial charge in [-0.05, 0) is 13.0 Å². The van der Waals surface area contributed by atoms with E-state index in [4.69, 9.17) is 5.11 Å². The van der Waals surface area contributed by atoms with Crippen molar-refractivity contribution in [3.05, 3.63) is 29.8 Å². The van der Waals surface area contributed by atoms with Crippen LogP contribution in [0.3, 0.4) is 0 Å². The van der Waals surface area contributed by atoms with Crippen molar-refractivity contribution in [3.8, 4) is 0 Å². The second-order valence-electron chi connectivity index (χ2n) is 2.80. The standard InChI is InChI=1S/C10H14N2O2/c1-2-11-10(14)12-9-6-4-3-5-8(9)7-13/h3-6,13H,2,7H2,1H3,(H2,11,12,14). The number of anilines is 1. The number of amides is 2. The maximum absolute atomic E-state index is 11.2. The molecule has 0 aliphatic carbocycles. The Balaban J connectivity index is 2.70. The van der Waals surface area contributed by atoms with Gasteiger partial charge in [0.1, 0.15) is 0 Å². The highest BCUT2D eigenvalue weighted by Gasteiger charge is 2.03. The van der Waals surface area contributed by atoms with Crippen molar-refractivity contribution in [2.75, 3.05) is 11.9 Å². The number of carbonyl (C=O) groups excluding carboxylic acids is 1. The molecule has 0 radical (unpaired) electrons. The van der Waals surface area contributed by atoms with Gasteiger partial charge in [-0.25, -0.2) is 4.79 Å². The molecule has 1 rings (SSSR count). The maximum Gasteiger partial charge on any atom is 0.319 e. The maximum atomic E-state index is 11.2. The van der Waals surface area contributed by atoms with Crippen LogP contribution in [0.15, 0.2) is 24.3 Å². The lowest BCUT2D eigenvalue weighted by Crippen LogP contribution is -2.28. The lowest BCUT2D eigenvalue weighted by Gasteiger charge is -2.09. The number of nitrogens with one attached hydrogen (secondary N) is 2. The summed E-state index contributed by atoms with van der Waals surface area (Å²) in [6, 6.07) is 6.88. The van der Waals surface area contributed by atoms with E-state index in [-0.39, 0.29) is 12.6 Å². The van der Waals surface area contributed by atoms with Gasteiger partial charge in [0.05, 0.1) is 6.61 Å². The Bertz CT molecular complexity index is 313. The van der Waals surface area contributed by atoms with Crippen molar-refractivity contribution in [1.82, 2.24) is 5.32 Å². The molecule has 0 bridgehead atoms. The van der Waals surface area contributed by atoms with Crippen LogP contribution >= 0.6 is 0 Å². The monoisotopic (exact) mass is 194 g/mol. The summed E-state index contributed by atoms with van der Waals surface area (Å²) in [6.45, 7) is 2.34. The lowest BCUT2D eigenvalue weighted by atomic mass is 10.2. The summed E-state index contributed by atoms with van der Waals surface area (Å²) < 4.78 is 0. The molecule has 0 fully saturated rings. The van der Waals surface area contributed by atoms with Crippen LogP contribution in [0.25, 0.3) is 0 Å². The first kappa shape index (κ1) is 10.5. The minimum atomic E-state index is -0.256. The van der Waals surface area contributed by atoms with Gasteiger partial charge in [-0.15, -0.1) is 0 Å². The Morgan fingerprint density at radius 3 is 2.79 bits per heavy atom. The third-order valence-corrected chi connectivity index (χ3v) is 1.77. The molecule has 0 unspecified atom stereocenters. The fraction of sp³-hybridized carbons (Fsp3) is 0.300. The largest absolute Gasteiger partial charge is 0.392 e.